The quantitative estimate of drug-likeness (QED) is 0.761. The third-order valence-corrected chi connectivity index (χ3v) is 2.69. The highest BCUT2D eigenvalue weighted by atomic mass is 15.0. The van der Waals surface area contributed by atoms with Crippen molar-refractivity contribution in [3.05, 3.63) is 23.9 Å². The van der Waals surface area contributed by atoms with Crippen LogP contribution in [-0.2, 0) is 0 Å². The smallest absolute Gasteiger partial charge is 0.128 e. The van der Waals surface area contributed by atoms with E-state index in [1.165, 1.54) is 18.4 Å². The van der Waals surface area contributed by atoms with Gasteiger partial charge in [0.2, 0.25) is 0 Å². The highest BCUT2D eigenvalue weighted by Gasteiger charge is 2.13. The zero-order valence-electron chi connectivity index (χ0n) is 8.59. The first-order chi connectivity index (χ1) is 6.86. The Bertz CT molecular complexity index is 292. The van der Waals surface area contributed by atoms with Crippen LogP contribution in [0.1, 0.15) is 18.4 Å². The van der Waals surface area contributed by atoms with Gasteiger partial charge in [0.05, 0.1) is 0 Å². The molecule has 0 unspecified atom stereocenters. The summed E-state index contributed by atoms with van der Waals surface area (Å²) in [4.78, 5) is 4.30. The van der Waals surface area contributed by atoms with Gasteiger partial charge in [-0.2, -0.15) is 0 Å². The van der Waals surface area contributed by atoms with E-state index in [2.05, 4.69) is 28.6 Å². The van der Waals surface area contributed by atoms with Crippen molar-refractivity contribution < 1.29 is 0 Å². The second-order valence-electron chi connectivity index (χ2n) is 3.84. The monoisotopic (exact) mass is 191 g/mol. The Kier molecular flexibility index (Phi) is 2.99. The summed E-state index contributed by atoms with van der Waals surface area (Å²) >= 11 is 0. The van der Waals surface area contributed by atoms with E-state index >= 15 is 0 Å². The number of rotatable bonds is 3. The molecule has 0 aliphatic carbocycles. The van der Waals surface area contributed by atoms with Crippen LogP contribution in [0.15, 0.2) is 18.3 Å². The largest absolute Gasteiger partial charge is 0.368 e. The molecular formula is C11H17N3. The van der Waals surface area contributed by atoms with Gasteiger partial charge >= 0.3 is 0 Å². The Morgan fingerprint density at radius 2 is 2.57 bits per heavy atom. The van der Waals surface area contributed by atoms with Gasteiger partial charge in [0.15, 0.2) is 0 Å². The van der Waals surface area contributed by atoms with Crippen LogP contribution in [0.25, 0.3) is 0 Å². The molecule has 0 amide bonds. The van der Waals surface area contributed by atoms with Gasteiger partial charge in [-0.05, 0) is 37.9 Å². The zero-order valence-corrected chi connectivity index (χ0v) is 8.59. The molecule has 1 fully saturated rings. The van der Waals surface area contributed by atoms with Crippen molar-refractivity contribution in [2.75, 3.05) is 18.4 Å². The van der Waals surface area contributed by atoms with Crippen molar-refractivity contribution in [3.63, 3.8) is 0 Å². The lowest BCUT2D eigenvalue weighted by Crippen LogP contribution is -2.29. The molecular weight excluding hydrogens is 174 g/mol. The van der Waals surface area contributed by atoms with Gasteiger partial charge in [-0.1, -0.05) is 6.07 Å². The molecule has 76 valence electrons. The molecule has 1 atom stereocenters. The van der Waals surface area contributed by atoms with Crippen molar-refractivity contribution in [1.29, 1.82) is 0 Å². The molecule has 1 aromatic rings. The molecule has 2 heterocycles. The Balaban J connectivity index is 1.88. The molecule has 0 saturated carbocycles. The topological polar surface area (TPSA) is 37.0 Å². The van der Waals surface area contributed by atoms with E-state index in [1.54, 1.807) is 0 Å². The Labute approximate surface area is 84.9 Å². The molecule has 0 spiro atoms. The summed E-state index contributed by atoms with van der Waals surface area (Å²) in [7, 11) is 0. The molecule has 2 N–H and O–H groups in total. The summed E-state index contributed by atoms with van der Waals surface area (Å²) in [5.41, 5.74) is 1.21. The van der Waals surface area contributed by atoms with Crippen LogP contribution in [0.2, 0.25) is 0 Å². The van der Waals surface area contributed by atoms with Crippen LogP contribution in [0.5, 0.6) is 0 Å². The van der Waals surface area contributed by atoms with Gasteiger partial charge in [-0.15, -0.1) is 0 Å². The SMILES string of the molecule is Cc1cccnc1NC[C@@H]1CCCN1. The van der Waals surface area contributed by atoms with Crippen LogP contribution in [0, 0.1) is 6.92 Å². The molecule has 2 rings (SSSR count). The second kappa shape index (κ2) is 4.42. The number of anilines is 1. The van der Waals surface area contributed by atoms with E-state index in [1.807, 2.05) is 12.3 Å². The van der Waals surface area contributed by atoms with Crippen molar-refractivity contribution in [1.82, 2.24) is 10.3 Å². The molecule has 1 saturated heterocycles. The van der Waals surface area contributed by atoms with E-state index in [-0.39, 0.29) is 0 Å². The Morgan fingerprint density at radius 1 is 1.64 bits per heavy atom. The number of nitrogens with one attached hydrogen (secondary N) is 2. The number of aromatic nitrogens is 1. The molecule has 1 aromatic heterocycles. The number of aryl methyl sites for hydroxylation is 1. The van der Waals surface area contributed by atoms with Gasteiger partial charge in [0, 0.05) is 18.8 Å². The van der Waals surface area contributed by atoms with E-state index < -0.39 is 0 Å². The first-order valence-electron chi connectivity index (χ1n) is 5.25. The average Bonchev–Trinajstić information content (AvgIpc) is 2.69. The summed E-state index contributed by atoms with van der Waals surface area (Å²) in [5, 5.41) is 6.84. The lowest BCUT2D eigenvalue weighted by atomic mass is 10.2. The van der Waals surface area contributed by atoms with E-state index in [0.29, 0.717) is 6.04 Å². The first kappa shape index (κ1) is 9.46. The second-order valence-corrected chi connectivity index (χ2v) is 3.84. The maximum atomic E-state index is 4.30. The first-order valence-corrected chi connectivity index (χ1v) is 5.25. The molecule has 0 aromatic carbocycles. The minimum Gasteiger partial charge on any atom is -0.368 e. The molecule has 14 heavy (non-hydrogen) atoms. The summed E-state index contributed by atoms with van der Waals surface area (Å²) in [6, 6.07) is 4.67. The predicted octanol–water partition coefficient (Wildman–Crippen LogP) is 1.55. The third kappa shape index (κ3) is 2.23. The third-order valence-electron chi connectivity index (χ3n) is 2.69. The predicted molar refractivity (Wildman–Crippen MR) is 58.5 cm³/mol. The van der Waals surface area contributed by atoms with Gasteiger partial charge in [-0.3, -0.25) is 0 Å². The number of hydrogen-bond donors (Lipinski definition) is 2. The lowest BCUT2D eigenvalue weighted by Gasteiger charge is -2.13. The van der Waals surface area contributed by atoms with Crippen molar-refractivity contribution >= 4 is 5.82 Å². The fourth-order valence-corrected chi connectivity index (χ4v) is 1.82. The molecule has 0 radical (unpaired) electrons. The van der Waals surface area contributed by atoms with Gasteiger partial charge in [-0.25, -0.2) is 4.98 Å². The summed E-state index contributed by atoms with van der Waals surface area (Å²) in [6.07, 6.45) is 4.41. The molecule has 1 aliphatic heterocycles. The van der Waals surface area contributed by atoms with E-state index in [4.69, 9.17) is 0 Å². The minimum absolute atomic E-state index is 0.622. The van der Waals surface area contributed by atoms with E-state index in [9.17, 15) is 0 Å². The fraction of sp³-hybridized carbons (Fsp3) is 0.545. The summed E-state index contributed by atoms with van der Waals surface area (Å²) in [6.45, 7) is 4.23. The van der Waals surface area contributed by atoms with Crippen molar-refractivity contribution in [2.45, 2.75) is 25.8 Å². The van der Waals surface area contributed by atoms with Gasteiger partial charge in [0.1, 0.15) is 5.82 Å². The van der Waals surface area contributed by atoms with Crippen LogP contribution >= 0.6 is 0 Å². The number of pyridine rings is 1. The average molecular weight is 191 g/mol. The summed E-state index contributed by atoms with van der Waals surface area (Å²) in [5.74, 6) is 1.02. The van der Waals surface area contributed by atoms with Crippen LogP contribution < -0.4 is 10.6 Å². The number of hydrogen-bond acceptors (Lipinski definition) is 3. The maximum absolute atomic E-state index is 4.30. The van der Waals surface area contributed by atoms with Crippen LogP contribution in [-0.4, -0.2) is 24.1 Å². The molecule has 3 nitrogen and oxygen atoms in total. The van der Waals surface area contributed by atoms with Gasteiger partial charge < -0.3 is 10.6 Å². The Morgan fingerprint density at radius 3 is 3.29 bits per heavy atom. The van der Waals surface area contributed by atoms with Crippen LogP contribution in [0.3, 0.4) is 0 Å². The molecule has 3 heteroatoms. The number of nitrogens with zero attached hydrogens (tertiary/aromatic N) is 1. The molecule has 1 aliphatic rings. The minimum atomic E-state index is 0.622. The van der Waals surface area contributed by atoms with Crippen molar-refractivity contribution in [3.8, 4) is 0 Å². The summed E-state index contributed by atoms with van der Waals surface area (Å²) < 4.78 is 0. The highest BCUT2D eigenvalue weighted by molar-refractivity contribution is 5.42. The maximum Gasteiger partial charge on any atom is 0.128 e. The standard InChI is InChI=1S/C11H17N3/c1-9-4-2-7-13-11(9)14-8-10-5-3-6-12-10/h2,4,7,10,12H,3,5-6,8H2,1H3,(H,13,14)/t10-/m0/s1. The van der Waals surface area contributed by atoms with Crippen LogP contribution in [0.4, 0.5) is 5.82 Å². The Hall–Kier alpha value is -1.09. The highest BCUT2D eigenvalue weighted by Crippen LogP contribution is 2.11. The normalized spacial score (nSPS) is 21.1. The molecule has 0 bridgehead atoms. The zero-order chi connectivity index (χ0) is 9.80. The van der Waals surface area contributed by atoms with Gasteiger partial charge in [0.25, 0.3) is 0 Å². The van der Waals surface area contributed by atoms with Crippen molar-refractivity contribution in [2.24, 2.45) is 0 Å². The lowest BCUT2D eigenvalue weighted by molar-refractivity contribution is 0.632. The van der Waals surface area contributed by atoms with E-state index in [0.717, 1.165) is 18.9 Å². The fourth-order valence-electron chi connectivity index (χ4n) is 1.82.